The molecule has 0 aliphatic rings. The van der Waals surface area contributed by atoms with E-state index >= 15 is 0 Å². The zero-order valence-electron chi connectivity index (χ0n) is 8.54. The molecule has 84 valence electrons. The third-order valence-corrected chi connectivity index (χ3v) is 2.84. The minimum atomic E-state index is -0.909. The highest BCUT2D eigenvalue weighted by Crippen LogP contribution is 2.22. The fourth-order valence-electron chi connectivity index (χ4n) is 1.35. The molecule has 1 aromatic rings. The lowest BCUT2D eigenvalue weighted by Crippen LogP contribution is -2.02. The molecular formula is C11H14F2OS. The Morgan fingerprint density at radius 1 is 1.40 bits per heavy atom. The molecule has 0 saturated heterocycles. The number of rotatable bonds is 5. The molecule has 4 heteroatoms. The van der Waals surface area contributed by atoms with E-state index in [2.05, 4.69) is 0 Å². The summed E-state index contributed by atoms with van der Waals surface area (Å²) in [6.07, 6.45) is 2.31. The molecule has 1 unspecified atom stereocenters. The van der Waals surface area contributed by atoms with Crippen LogP contribution in [0.2, 0.25) is 0 Å². The van der Waals surface area contributed by atoms with Crippen LogP contribution < -0.4 is 0 Å². The van der Waals surface area contributed by atoms with E-state index in [4.69, 9.17) is 0 Å². The van der Waals surface area contributed by atoms with Gasteiger partial charge in [-0.25, -0.2) is 8.78 Å². The van der Waals surface area contributed by atoms with Gasteiger partial charge in [0.05, 0.1) is 6.10 Å². The predicted molar refractivity (Wildman–Crippen MR) is 58.9 cm³/mol. The van der Waals surface area contributed by atoms with Crippen LogP contribution in [0.15, 0.2) is 18.2 Å². The number of aliphatic hydroxyl groups is 1. The first-order chi connectivity index (χ1) is 7.15. The number of halogens is 2. The summed E-state index contributed by atoms with van der Waals surface area (Å²) in [7, 11) is 0. The van der Waals surface area contributed by atoms with E-state index in [-0.39, 0.29) is 5.56 Å². The average molecular weight is 232 g/mol. The summed E-state index contributed by atoms with van der Waals surface area (Å²) in [5.74, 6) is -0.156. The first-order valence-electron chi connectivity index (χ1n) is 4.77. The van der Waals surface area contributed by atoms with Gasteiger partial charge in [0.15, 0.2) is 0 Å². The van der Waals surface area contributed by atoms with Crippen molar-refractivity contribution in [2.75, 3.05) is 12.0 Å². The maximum absolute atomic E-state index is 13.2. The van der Waals surface area contributed by atoms with Crippen LogP contribution in [-0.2, 0) is 0 Å². The zero-order valence-corrected chi connectivity index (χ0v) is 9.36. The second-order valence-corrected chi connectivity index (χ2v) is 4.30. The zero-order chi connectivity index (χ0) is 11.3. The maximum Gasteiger partial charge on any atom is 0.129 e. The summed E-state index contributed by atoms with van der Waals surface area (Å²) in [6.45, 7) is 0. The molecule has 1 rings (SSSR count). The van der Waals surface area contributed by atoms with E-state index in [9.17, 15) is 13.9 Å². The average Bonchev–Trinajstić information content (AvgIpc) is 2.22. The van der Waals surface area contributed by atoms with Gasteiger partial charge in [-0.15, -0.1) is 0 Å². The summed E-state index contributed by atoms with van der Waals surface area (Å²) in [4.78, 5) is 0. The quantitative estimate of drug-likeness (QED) is 0.787. The number of benzene rings is 1. The van der Waals surface area contributed by atoms with Crippen molar-refractivity contribution < 1.29 is 13.9 Å². The molecule has 0 aliphatic carbocycles. The Morgan fingerprint density at radius 3 is 2.80 bits per heavy atom. The Bertz CT molecular complexity index is 317. The van der Waals surface area contributed by atoms with Gasteiger partial charge in [-0.1, -0.05) is 0 Å². The Morgan fingerprint density at radius 2 is 2.13 bits per heavy atom. The monoisotopic (exact) mass is 232 g/mol. The molecule has 1 atom stereocenters. The lowest BCUT2D eigenvalue weighted by Gasteiger charge is -2.11. The molecule has 0 aliphatic heterocycles. The minimum Gasteiger partial charge on any atom is -0.388 e. The van der Waals surface area contributed by atoms with Crippen molar-refractivity contribution in [3.8, 4) is 0 Å². The van der Waals surface area contributed by atoms with Gasteiger partial charge < -0.3 is 5.11 Å². The fraction of sp³-hybridized carbons (Fsp3) is 0.455. The van der Waals surface area contributed by atoms with Crippen LogP contribution in [0.1, 0.15) is 24.5 Å². The Balaban J connectivity index is 2.64. The van der Waals surface area contributed by atoms with Crippen molar-refractivity contribution >= 4 is 11.8 Å². The van der Waals surface area contributed by atoms with E-state index in [1.165, 1.54) is 0 Å². The molecule has 0 aromatic heterocycles. The van der Waals surface area contributed by atoms with Crippen molar-refractivity contribution in [3.63, 3.8) is 0 Å². The topological polar surface area (TPSA) is 20.2 Å². The molecule has 1 nitrogen and oxygen atoms in total. The van der Waals surface area contributed by atoms with E-state index in [1.54, 1.807) is 11.8 Å². The molecule has 0 heterocycles. The lowest BCUT2D eigenvalue weighted by atomic mass is 10.0. The van der Waals surface area contributed by atoms with Crippen LogP contribution in [0.4, 0.5) is 8.78 Å². The van der Waals surface area contributed by atoms with Crippen LogP contribution in [0.5, 0.6) is 0 Å². The highest BCUT2D eigenvalue weighted by Gasteiger charge is 2.13. The van der Waals surface area contributed by atoms with Crippen LogP contribution in [0, 0.1) is 11.6 Å². The van der Waals surface area contributed by atoms with Crippen LogP contribution >= 0.6 is 11.8 Å². The number of aliphatic hydroxyl groups excluding tert-OH is 1. The molecule has 15 heavy (non-hydrogen) atoms. The minimum absolute atomic E-state index is 0.0519. The van der Waals surface area contributed by atoms with Crippen molar-refractivity contribution in [1.82, 2.24) is 0 Å². The number of hydrogen-bond acceptors (Lipinski definition) is 2. The van der Waals surface area contributed by atoms with Crippen molar-refractivity contribution in [2.45, 2.75) is 18.9 Å². The Labute approximate surface area is 92.5 Å². The largest absolute Gasteiger partial charge is 0.388 e. The molecule has 0 spiro atoms. The standard InChI is InChI=1S/C11H14F2OS/c1-15-6-2-3-11(14)9-7-8(12)4-5-10(9)13/h4-5,7,11,14H,2-3,6H2,1H3. The molecule has 0 saturated carbocycles. The summed E-state index contributed by atoms with van der Waals surface area (Å²) in [6, 6.07) is 3.15. The Hall–Kier alpha value is -0.610. The number of hydrogen-bond donors (Lipinski definition) is 1. The van der Waals surface area contributed by atoms with Gasteiger partial charge in [0.25, 0.3) is 0 Å². The predicted octanol–water partition coefficient (Wildman–Crippen LogP) is 3.14. The van der Waals surface area contributed by atoms with E-state index in [0.717, 1.165) is 30.4 Å². The smallest absolute Gasteiger partial charge is 0.129 e. The molecule has 0 amide bonds. The SMILES string of the molecule is CSCCCC(O)c1cc(F)ccc1F. The highest BCUT2D eigenvalue weighted by molar-refractivity contribution is 7.98. The molecule has 0 bridgehead atoms. The van der Waals surface area contributed by atoms with Crippen molar-refractivity contribution in [1.29, 1.82) is 0 Å². The van der Waals surface area contributed by atoms with Crippen molar-refractivity contribution in [3.05, 3.63) is 35.4 Å². The fourth-order valence-corrected chi connectivity index (χ4v) is 1.80. The summed E-state index contributed by atoms with van der Waals surface area (Å²) < 4.78 is 26.0. The Kier molecular flexibility index (Phi) is 5.05. The highest BCUT2D eigenvalue weighted by atomic mass is 32.2. The van der Waals surface area contributed by atoms with Gasteiger partial charge in [0, 0.05) is 5.56 Å². The first kappa shape index (κ1) is 12.5. The van der Waals surface area contributed by atoms with Gasteiger partial charge in [-0.2, -0.15) is 11.8 Å². The molecule has 1 N–H and O–H groups in total. The van der Waals surface area contributed by atoms with Gasteiger partial charge in [0.2, 0.25) is 0 Å². The normalized spacial score (nSPS) is 12.8. The molecule has 0 radical (unpaired) electrons. The number of thioether (sulfide) groups is 1. The van der Waals surface area contributed by atoms with E-state index < -0.39 is 17.7 Å². The van der Waals surface area contributed by atoms with Crippen LogP contribution in [0.3, 0.4) is 0 Å². The van der Waals surface area contributed by atoms with E-state index in [0.29, 0.717) is 6.42 Å². The van der Waals surface area contributed by atoms with E-state index in [1.807, 2.05) is 6.26 Å². The van der Waals surface area contributed by atoms with Crippen LogP contribution in [0.25, 0.3) is 0 Å². The third kappa shape index (κ3) is 3.80. The molecular weight excluding hydrogens is 218 g/mol. The maximum atomic E-state index is 13.2. The lowest BCUT2D eigenvalue weighted by molar-refractivity contribution is 0.162. The third-order valence-electron chi connectivity index (χ3n) is 2.14. The summed E-state index contributed by atoms with van der Waals surface area (Å²) in [5.41, 5.74) is 0.0519. The molecule has 1 aromatic carbocycles. The molecule has 0 fully saturated rings. The van der Waals surface area contributed by atoms with Gasteiger partial charge >= 0.3 is 0 Å². The second kappa shape index (κ2) is 6.08. The van der Waals surface area contributed by atoms with Crippen LogP contribution in [-0.4, -0.2) is 17.1 Å². The van der Waals surface area contributed by atoms with Crippen molar-refractivity contribution in [2.24, 2.45) is 0 Å². The summed E-state index contributed by atoms with van der Waals surface area (Å²) >= 11 is 1.67. The summed E-state index contributed by atoms with van der Waals surface area (Å²) in [5, 5.41) is 9.64. The van der Waals surface area contributed by atoms with Gasteiger partial charge in [0.1, 0.15) is 11.6 Å². The first-order valence-corrected chi connectivity index (χ1v) is 6.16. The van der Waals surface area contributed by atoms with Gasteiger partial charge in [-0.3, -0.25) is 0 Å². The second-order valence-electron chi connectivity index (χ2n) is 3.32. The van der Waals surface area contributed by atoms with Gasteiger partial charge in [-0.05, 0) is 43.0 Å².